The maximum absolute atomic E-state index is 6.28. The summed E-state index contributed by atoms with van der Waals surface area (Å²) in [6.45, 7) is 5.69. The minimum absolute atomic E-state index is 0.170. The zero-order valence-electron chi connectivity index (χ0n) is 11.6. The summed E-state index contributed by atoms with van der Waals surface area (Å²) < 4.78 is 0. The van der Waals surface area contributed by atoms with Crippen LogP contribution >= 0.6 is 0 Å². The van der Waals surface area contributed by atoms with Gasteiger partial charge in [0.05, 0.1) is 0 Å². The number of nitrogens with two attached hydrogens (primary N) is 1. The molecule has 1 aliphatic heterocycles. The summed E-state index contributed by atoms with van der Waals surface area (Å²) in [6, 6.07) is 9.09. The van der Waals surface area contributed by atoms with Crippen LogP contribution in [0, 0.1) is 0 Å². The van der Waals surface area contributed by atoms with E-state index < -0.39 is 0 Å². The molecule has 1 saturated heterocycles. The van der Waals surface area contributed by atoms with E-state index in [1.807, 2.05) is 0 Å². The Hall–Kier alpha value is -0.860. The summed E-state index contributed by atoms with van der Waals surface area (Å²) in [5, 5.41) is 0. The fourth-order valence-corrected chi connectivity index (χ4v) is 2.66. The molecule has 0 saturated carbocycles. The molecule has 18 heavy (non-hydrogen) atoms. The Balaban J connectivity index is 1.87. The predicted molar refractivity (Wildman–Crippen MR) is 77.7 cm³/mol. The van der Waals surface area contributed by atoms with Crippen molar-refractivity contribution < 1.29 is 0 Å². The predicted octanol–water partition coefficient (Wildman–Crippen LogP) is 3.12. The first-order valence-corrected chi connectivity index (χ1v) is 7.36. The van der Waals surface area contributed by atoms with E-state index in [0.29, 0.717) is 0 Å². The van der Waals surface area contributed by atoms with Gasteiger partial charge < -0.3 is 10.6 Å². The van der Waals surface area contributed by atoms with Crippen LogP contribution in [0.4, 0.5) is 0 Å². The number of benzene rings is 1. The minimum atomic E-state index is 0.170. The van der Waals surface area contributed by atoms with Crippen molar-refractivity contribution >= 4 is 0 Å². The van der Waals surface area contributed by atoms with Crippen LogP contribution in [-0.2, 0) is 6.42 Å². The molecule has 2 N–H and O–H groups in total. The van der Waals surface area contributed by atoms with Gasteiger partial charge in [0.25, 0.3) is 0 Å². The maximum Gasteiger partial charge on any atom is 0.0424 e. The van der Waals surface area contributed by atoms with Crippen molar-refractivity contribution in [1.82, 2.24) is 4.90 Å². The molecule has 1 aromatic carbocycles. The average Bonchev–Trinajstić information content (AvgIpc) is 2.89. The van der Waals surface area contributed by atoms with E-state index in [4.69, 9.17) is 5.73 Å². The van der Waals surface area contributed by atoms with Gasteiger partial charge >= 0.3 is 0 Å². The van der Waals surface area contributed by atoms with Gasteiger partial charge in [0.15, 0.2) is 0 Å². The zero-order valence-corrected chi connectivity index (χ0v) is 11.6. The summed E-state index contributed by atoms with van der Waals surface area (Å²) in [6.07, 6.45) is 6.40. The van der Waals surface area contributed by atoms with Gasteiger partial charge in [-0.15, -0.1) is 0 Å². The summed E-state index contributed by atoms with van der Waals surface area (Å²) in [4.78, 5) is 2.48. The van der Waals surface area contributed by atoms with Crippen LogP contribution in [0.1, 0.15) is 49.8 Å². The van der Waals surface area contributed by atoms with Crippen LogP contribution in [0.15, 0.2) is 24.3 Å². The number of likely N-dealkylation sites (tertiary alicyclic amines) is 1. The van der Waals surface area contributed by atoms with Crippen molar-refractivity contribution in [2.45, 2.75) is 45.1 Å². The van der Waals surface area contributed by atoms with Gasteiger partial charge in [0.1, 0.15) is 0 Å². The number of hydrogen-bond acceptors (Lipinski definition) is 2. The molecule has 2 rings (SSSR count). The second-order valence-electron chi connectivity index (χ2n) is 5.46. The molecule has 0 bridgehead atoms. The van der Waals surface area contributed by atoms with Gasteiger partial charge in [-0.3, -0.25) is 0 Å². The van der Waals surface area contributed by atoms with Crippen LogP contribution < -0.4 is 5.73 Å². The second-order valence-corrected chi connectivity index (χ2v) is 5.46. The number of nitrogens with zero attached hydrogens (tertiary/aromatic N) is 1. The topological polar surface area (TPSA) is 29.3 Å². The Morgan fingerprint density at radius 3 is 2.44 bits per heavy atom. The van der Waals surface area contributed by atoms with E-state index in [-0.39, 0.29) is 6.04 Å². The molecule has 0 spiro atoms. The maximum atomic E-state index is 6.28. The molecule has 0 aliphatic carbocycles. The van der Waals surface area contributed by atoms with Crippen molar-refractivity contribution in [3.63, 3.8) is 0 Å². The zero-order chi connectivity index (χ0) is 12.8. The summed E-state index contributed by atoms with van der Waals surface area (Å²) in [5.41, 5.74) is 9.00. The molecule has 1 fully saturated rings. The SMILES string of the molecule is CCCCc1ccc(C(N)CN2CCCC2)cc1. The quantitative estimate of drug-likeness (QED) is 0.835. The smallest absolute Gasteiger partial charge is 0.0424 e. The van der Waals surface area contributed by atoms with Crippen LogP contribution in [0.3, 0.4) is 0 Å². The lowest BCUT2D eigenvalue weighted by atomic mass is 10.0. The molecule has 2 heteroatoms. The fourth-order valence-electron chi connectivity index (χ4n) is 2.66. The van der Waals surface area contributed by atoms with E-state index in [1.54, 1.807) is 0 Å². The van der Waals surface area contributed by atoms with Crippen LogP contribution in [-0.4, -0.2) is 24.5 Å². The van der Waals surface area contributed by atoms with Crippen molar-refractivity contribution in [3.05, 3.63) is 35.4 Å². The number of unbranched alkanes of at least 4 members (excludes halogenated alkanes) is 1. The number of rotatable bonds is 6. The first-order chi connectivity index (χ1) is 8.79. The Labute approximate surface area is 111 Å². The standard InChI is InChI=1S/C16H26N2/c1-2-3-6-14-7-9-15(10-8-14)16(17)13-18-11-4-5-12-18/h7-10,16H,2-6,11-13,17H2,1H3. The van der Waals surface area contributed by atoms with E-state index >= 15 is 0 Å². The van der Waals surface area contributed by atoms with Gasteiger partial charge in [-0.2, -0.15) is 0 Å². The molecular weight excluding hydrogens is 220 g/mol. The van der Waals surface area contributed by atoms with Gasteiger partial charge in [-0.1, -0.05) is 37.6 Å². The third-order valence-corrected chi connectivity index (χ3v) is 3.88. The molecule has 100 valence electrons. The Morgan fingerprint density at radius 1 is 1.17 bits per heavy atom. The van der Waals surface area contributed by atoms with Gasteiger partial charge in [-0.05, 0) is 49.9 Å². The third kappa shape index (κ3) is 3.82. The highest BCUT2D eigenvalue weighted by Crippen LogP contribution is 2.17. The monoisotopic (exact) mass is 246 g/mol. The Kier molecular flexibility index (Phi) is 5.21. The van der Waals surface area contributed by atoms with Crippen LogP contribution in [0.2, 0.25) is 0 Å². The third-order valence-electron chi connectivity index (χ3n) is 3.88. The molecule has 1 aromatic rings. The van der Waals surface area contributed by atoms with E-state index in [0.717, 1.165) is 6.54 Å². The highest BCUT2D eigenvalue weighted by Gasteiger charge is 2.15. The Bertz CT molecular complexity index is 339. The van der Waals surface area contributed by atoms with Crippen molar-refractivity contribution in [2.75, 3.05) is 19.6 Å². The largest absolute Gasteiger partial charge is 0.323 e. The molecule has 0 amide bonds. The normalized spacial score (nSPS) is 18.1. The van der Waals surface area contributed by atoms with Gasteiger partial charge in [0, 0.05) is 12.6 Å². The van der Waals surface area contributed by atoms with Gasteiger partial charge in [0.2, 0.25) is 0 Å². The van der Waals surface area contributed by atoms with E-state index in [2.05, 4.69) is 36.1 Å². The minimum Gasteiger partial charge on any atom is -0.323 e. The molecule has 1 heterocycles. The van der Waals surface area contributed by atoms with Crippen LogP contribution in [0.5, 0.6) is 0 Å². The summed E-state index contributed by atoms with van der Waals surface area (Å²) in [7, 11) is 0. The van der Waals surface area contributed by atoms with Gasteiger partial charge in [-0.25, -0.2) is 0 Å². The first kappa shape index (κ1) is 13.6. The number of aryl methyl sites for hydroxylation is 1. The van der Waals surface area contributed by atoms with Crippen molar-refractivity contribution in [2.24, 2.45) is 5.73 Å². The molecule has 0 radical (unpaired) electrons. The molecule has 1 aliphatic rings. The molecule has 1 atom stereocenters. The molecule has 1 unspecified atom stereocenters. The van der Waals surface area contributed by atoms with Crippen molar-refractivity contribution in [3.8, 4) is 0 Å². The fraction of sp³-hybridized carbons (Fsp3) is 0.625. The highest BCUT2D eigenvalue weighted by molar-refractivity contribution is 5.25. The lowest BCUT2D eigenvalue weighted by molar-refractivity contribution is 0.316. The van der Waals surface area contributed by atoms with E-state index in [1.165, 1.54) is 56.3 Å². The summed E-state index contributed by atoms with van der Waals surface area (Å²) >= 11 is 0. The highest BCUT2D eigenvalue weighted by atomic mass is 15.1. The number of hydrogen-bond donors (Lipinski definition) is 1. The molecular formula is C16H26N2. The second kappa shape index (κ2) is 6.91. The van der Waals surface area contributed by atoms with E-state index in [9.17, 15) is 0 Å². The van der Waals surface area contributed by atoms with Crippen LogP contribution in [0.25, 0.3) is 0 Å². The average molecular weight is 246 g/mol. The molecule has 2 nitrogen and oxygen atoms in total. The van der Waals surface area contributed by atoms with Crippen molar-refractivity contribution in [1.29, 1.82) is 0 Å². The first-order valence-electron chi connectivity index (χ1n) is 7.36. The lowest BCUT2D eigenvalue weighted by Crippen LogP contribution is -2.29. The Morgan fingerprint density at radius 2 is 1.83 bits per heavy atom. The molecule has 0 aromatic heterocycles. The lowest BCUT2D eigenvalue weighted by Gasteiger charge is -2.20. The summed E-state index contributed by atoms with van der Waals surface area (Å²) in [5.74, 6) is 0.